The van der Waals surface area contributed by atoms with Crippen molar-refractivity contribution in [3.63, 3.8) is 0 Å². The molecule has 7 heteroatoms. The molecule has 1 aliphatic heterocycles. The molecule has 7 nitrogen and oxygen atoms in total. The van der Waals surface area contributed by atoms with Crippen LogP contribution in [0.15, 0.2) is 53.6 Å². The van der Waals surface area contributed by atoms with Gasteiger partial charge < -0.3 is 14.2 Å². The van der Waals surface area contributed by atoms with Crippen LogP contribution in [0.3, 0.4) is 0 Å². The van der Waals surface area contributed by atoms with E-state index in [2.05, 4.69) is 5.10 Å². The summed E-state index contributed by atoms with van der Waals surface area (Å²) in [6.07, 6.45) is 1.30. The molecule has 1 heterocycles. The van der Waals surface area contributed by atoms with Crippen molar-refractivity contribution in [3.05, 3.63) is 59.7 Å². The number of nitrogens with zero attached hydrogens (tertiary/aromatic N) is 2. The van der Waals surface area contributed by atoms with Crippen LogP contribution in [0.2, 0.25) is 0 Å². The van der Waals surface area contributed by atoms with Gasteiger partial charge in [0.25, 0.3) is 5.91 Å². The second kappa shape index (κ2) is 9.73. The highest BCUT2D eigenvalue weighted by Gasteiger charge is 2.22. The van der Waals surface area contributed by atoms with Crippen LogP contribution >= 0.6 is 0 Å². The van der Waals surface area contributed by atoms with Crippen LogP contribution in [-0.2, 0) is 20.7 Å². The summed E-state index contributed by atoms with van der Waals surface area (Å²) in [5.74, 6) is 0.548. The fourth-order valence-corrected chi connectivity index (χ4v) is 3.02. The van der Waals surface area contributed by atoms with Gasteiger partial charge >= 0.3 is 5.97 Å². The number of methoxy groups -OCH3 is 2. The topological polar surface area (TPSA) is 77.4 Å². The third-order valence-electron chi connectivity index (χ3n) is 4.58. The first-order valence-corrected chi connectivity index (χ1v) is 9.40. The van der Waals surface area contributed by atoms with E-state index in [1.54, 1.807) is 20.3 Å². The minimum absolute atomic E-state index is 0.155. The number of hydrazone groups is 1. The molecule has 0 radical (unpaired) electrons. The molecule has 0 bridgehead atoms. The Balaban J connectivity index is 1.47. The molecule has 0 aromatic heterocycles. The molecule has 3 rings (SSSR count). The van der Waals surface area contributed by atoms with Gasteiger partial charge in [0.1, 0.15) is 11.5 Å². The molecule has 2 aromatic rings. The van der Waals surface area contributed by atoms with Crippen molar-refractivity contribution < 1.29 is 23.8 Å². The van der Waals surface area contributed by atoms with Gasteiger partial charge in [-0.15, -0.1) is 0 Å². The van der Waals surface area contributed by atoms with Gasteiger partial charge in [0, 0.05) is 18.9 Å². The highest BCUT2D eigenvalue weighted by molar-refractivity contribution is 6.02. The van der Waals surface area contributed by atoms with Gasteiger partial charge in [-0.25, -0.2) is 5.01 Å². The van der Waals surface area contributed by atoms with E-state index < -0.39 is 5.97 Å². The van der Waals surface area contributed by atoms with Gasteiger partial charge in [-0.05, 0) is 29.7 Å². The summed E-state index contributed by atoms with van der Waals surface area (Å²) in [4.78, 5) is 24.3. The van der Waals surface area contributed by atoms with E-state index in [0.29, 0.717) is 30.9 Å². The van der Waals surface area contributed by atoms with Gasteiger partial charge in [0.15, 0.2) is 6.61 Å². The van der Waals surface area contributed by atoms with E-state index in [1.807, 2.05) is 42.5 Å². The zero-order valence-electron chi connectivity index (χ0n) is 16.6. The number of esters is 1. The Morgan fingerprint density at radius 3 is 2.38 bits per heavy atom. The number of ether oxygens (including phenoxy) is 3. The first-order chi connectivity index (χ1) is 14.1. The maximum absolute atomic E-state index is 12.3. The molecule has 0 N–H and O–H groups in total. The van der Waals surface area contributed by atoms with Crippen LogP contribution in [0.5, 0.6) is 11.5 Å². The average molecular weight is 396 g/mol. The Labute approximate surface area is 169 Å². The van der Waals surface area contributed by atoms with Gasteiger partial charge in [0.2, 0.25) is 0 Å². The number of hydrogen-bond acceptors (Lipinski definition) is 6. The molecule has 152 valence electrons. The Kier molecular flexibility index (Phi) is 6.84. The van der Waals surface area contributed by atoms with Crippen molar-refractivity contribution in [2.75, 3.05) is 27.4 Å². The number of benzene rings is 2. The molecule has 0 saturated carbocycles. The SMILES string of the molecule is COc1cc(CCC(=O)OCC(=O)N2CCC(c3ccccc3)=N2)cc(OC)c1. The van der Waals surface area contributed by atoms with Crippen LogP contribution in [0.25, 0.3) is 0 Å². The average Bonchev–Trinajstić information content (AvgIpc) is 3.26. The van der Waals surface area contributed by atoms with Crippen molar-refractivity contribution in [1.82, 2.24) is 5.01 Å². The Bertz CT molecular complexity index is 873. The fourth-order valence-electron chi connectivity index (χ4n) is 3.02. The van der Waals surface area contributed by atoms with E-state index in [0.717, 1.165) is 16.8 Å². The lowest BCUT2D eigenvalue weighted by atomic mass is 10.1. The first-order valence-electron chi connectivity index (χ1n) is 9.40. The summed E-state index contributed by atoms with van der Waals surface area (Å²) in [7, 11) is 3.14. The lowest BCUT2D eigenvalue weighted by Gasteiger charge is -2.12. The molecule has 29 heavy (non-hydrogen) atoms. The molecule has 2 aromatic carbocycles. The van der Waals surface area contributed by atoms with Gasteiger partial charge in [-0.2, -0.15) is 5.10 Å². The monoisotopic (exact) mass is 396 g/mol. The molecule has 1 aliphatic rings. The van der Waals surface area contributed by atoms with Crippen molar-refractivity contribution in [1.29, 1.82) is 0 Å². The number of hydrogen-bond donors (Lipinski definition) is 0. The standard InChI is InChI=1S/C22H24N2O5/c1-27-18-12-16(13-19(14-18)28-2)8-9-22(26)29-15-21(25)24-11-10-20(23-24)17-6-4-3-5-7-17/h3-7,12-14H,8-11,15H2,1-2H3. The second-order valence-electron chi connectivity index (χ2n) is 6.56. The predicted octanol–water partition coefficient (Wildman–Crippen LogP) is 2.82. The summed E-state index contributed by atoms with van der Waals surface area (Å²) in [6, 6.07) is 15.2. The Hall–Kier alpha value is -3.35. The van der Waals surface area contributed by atoms with Gasteiger partial charge in [-0.3, -0.25) is 9.59 Å². The van der Waals surface area contributed by atoms with Crippen LogP contribution in [-0.4, -0.2) is 50.0 Å². The third-order valence-corrected chi connectivity index (χ3v) is 4.58. The van der Waals surface area contributed by atoms with Crippen LogP contribution in [0, 0.1) is 0 Å². The molecule has 0 saturated heterocycles. The van der Waals surface area contributed by atoms with E-state index in [4.69, 9.17) is 14.2 Å². The fraction of sp³-hybridized carbons (Fsp3) is 0.318. The summed E-state index contributed by atoms with van der Waals surface area (Å²) in [5, 5.41) is 5.71. The third kappa shape index (κ3) is 5.57. The maximum Gasteiger partial charge on any atom is 0.306 e. The zero-order chi connectivity index (χ0) is 20.6. The quantitative estimate of drug-likeness (QED) is 0.641. The lowest BCUT2D eigenvalue weighted by molar-refractivity contribution is -0.151. The first kappa shape index (κ1) is 20.4. The molecular formula is C22H24N2O5. The number of carbonyl (C=O) groups excluding carboxylic acids is 2. The van der Waals surface area contributed by atoms with Crippen LogP contribution < -0.4 is 9.47 Å². The minimum Gasteiger partial charge on any atom is -0.497 e. The van der Waals surface area contributed by atoms with E-state index in [-0.39, 0.29) is 18.9 Å². The largest absolute Gasteiger partial charge is 0.497 e. The molecule has 0 unspecified atom stereocenters. The maximum atomic E-state index is 12.3. The zero-order valence-corrected chi connectivity index (χ0v) is 16.6. The smallest absolute Gasteiger partial charge is 0.306 e. The minimum atomic E-state index is -0.438. The van der Waals surface area contributed by atoms with Gasteiger partial charge in [0.05, 0.1) is 26.5 Å². The number of rotatable bonds is 8. The second-order valence-corrected chi connectivity index (χ2v) is 6.56. The normalized spacial score (nSPS) is 13.0. The Morgan fingerprint density at radius 1 is 1.03 bits per heavy atom. The number of carbonyl (C=O) groups is 2. The Morgan fingerprint density at radius 2 is 1.72 bits per heavy atom. The molecule has 1 amide bonds. The summed E-state index contributed by atoms with van der Waals surface area (Å²) < 4.78 is 15.6. The number of amides is 1. The van der Waals surface area contributed by atoms with Crippen LogP contribution in [0.1, 0.15) is 24.0 Å². The van der Waals surface area contributed by atoms with Crippen molar-refractivity contribution in [3.8, 4) is 11.5 Å². The van der Waals surface area contributed by atoms with Crippen molar-refractivity contribution in [2.24, 2.45) is 5.10 Å². The van der Waals surface area contributed by atoms with Crippen molar-refractivity contribution >= 4 is 17.6 Å². The lowest BCUT2D eigenvalue weighted by Crippen LogP contribution is -2.28. The summed E-state index contributed by atoms with van der Waals surface area (Å²) in [5.41, 5.74) is 2.74. The molecule has 0 fully saturated rings. The summed E-state index contributed by atoms with van der Waals surface area (Å²) >= 11 is 0. The van der Waals surface area contributed by atoms with Crippen LogP contribution in [0.4, 0.5) is 0 Å². The summed E-state index contributed by atoms with van der Waals surface area (Å²) in [6.45, 7) is 0.177. The molecular weight excluding hydrogens is 372 g/mol. The van der Waals surface area contributed by atoms with E-state index in [9.17, 15) is 9.59 Å². The molecule has 0 atom stereocenters. The van der Waals surface area contributed by atoms with E-state index >= 15 is 0 Å². The number of aryl methyl sites for hydroxylation is 1. The molecule has 0 aliphatic carbocycles. The predicted molar refractivity (Wildman–Crippen MR) is 108 cm³/mol. The highest BCUT2D eigenvalue weighted by Crippen LogP contribution is 2.23. The molecule has 0 spiro atoms. The van der Waals surface area contributed by atoms with Crippen molar-refractivity contribution in [2.45, 2.75) is 19.3 Å². The van der Waals surface area contributed by atoms with E-state index in [1.165, 1.54) is 5.01 Å². The highest BCUT2D eigenvalue weighted by atomic mass is 16.5. The van der Waals surface area contributed by atoms with Gasteiger partial charge in [-0.1, -0.05) is 30.3 Å².